The molecule has 2 rings (SSSR count). The van der Waals surface area contributed by atoms with Gasteiger partial charge in [-0.2, -0.15) is 0 Å². The molecule has 1 aromatic heterocycles. The van der Waals surface area contributed by atoms with Crippen molar-refractivity contribution < 1.29 is 0 Å². The van der Waals surface area contributed by atoms with Crippen molar-refractivity contribution >= 4 is 28.3 Å². The Kier molecular flexibility index (Phi) is 4.38. The Morgan fingerprint density at radius 1 is 1.37 bits per heavy atom. The number of aromatic amines is 1. The highest BCUT2D eigenvalue weighted by molar-refractivity contribution is 6.03. The van der Waals surface area contributed by atoms with E-state index in [4.69, 9.17) is 22.4 Å². The molecule has 0 amide bonds. The largest absolute Gasteiger partial charge is 0.399 e. The first kappa shape index (κ1) is 14.4. The van der Waals surface area contributed by atoms with Gasteiger partial charge in [-0.1, -0.05) is 18.7 Å². The molecule has 2 aromatic rings. The van der Waals surface area contributed by atoms with Crippen molar-refractivity contribution in [3.05, 3.63) is 35.9 Å². The number of rotatable bonds is 2. The summed E-state index contributed by atoms with van der Waals surface area (Å²) in [5, 5.41) is 11.4. The van der Waals surface area contributed by atoms with Gasteiger partial charge >= 0.3 is 0 Å². The predicted molar refractivity (Wildman–Crippen MR) is 78.0 cm³/mol. The van der Waals surface area contributed by atoms with Crippen LogP contribution >= 0.6 is 0 Å². The maximum Gasteiger partial charge on any atom is 0.173 e. The lowest BCUT2D eigenvalue weighted by atomic mass is 10.1. The number of nitrogen functional groups attached to an aromatic ring is 1. The Bertz CT molecular complexity index is 639. The van der Waals surface area contributed by atoms with Gasteiger partial charge in [-0.3, -0.25) is 5.41 Å². The molecule has 0 saturated carbocycles. The Balaban J connectivity index is 0.000000861. The maximum atomic E-state index is 7.46. The molecule has 9 N–H and O–H groups in total. The molecule has 1 aromatic carbocycles. The van der Waals surface area contributed by atoms with E-state index in [-0.39, 0.29) is 5.84 Å². The van der Waals surface area contributed by atoms with E-state index in [1.54, 1.807) is 18.2 Å². The molecule has 19 heavy (non-hydrogen) atoms. The van der Waals surface area contributed by atoms with Gasteiger partial charge in [0.1, 0.15) is 5.82 Å². The Morgan fingerprint density at radius 2 is 2.00 bits per heavy atom. The number of H-pyrrole nitrogens is 1. The van der Waals surface area contributed by atoms with Crippen molar-refractivity contribution in [3.8, 4) is 0 Å². The van der Waals surface area contributed by atoms with Gasteiger partial charge in [-0.05, 0) is 13.1 Å². The zero-order valence-electron chi connectivity index (χ0n) is 10.6. The molecule has 0 atom stereocenters. The van der Waals surface area contributed by atoms with Crippen LogP contribution in [0.25, 0.3) is 16.6 Å². The molecule has 0 aliphatic carbocycles. The first-order valence-corrected chi connectivity index (χ1v) is 5.44. The maximum absolute atomic E-state index is 7.46. The molecule has 0 aliphatic rings. The quantitative estimate of drug-likeness (QED) is 0.276. The van der Waals surface area contributed by atoms with Crippen molar-refractivity contribution in [2.24, 2.45) is 16.6 Å². The molecule has 0 saturated heterocycles. The lowest BCUT2D eigenvalue weighted by molar-refractivity contribution is 1.16. The number of benzene rings is 1. The summed E-state index contributed by atoms with van der Waals surface area (Å²) < 4.78 is 0. The third-order valence-electron chi connectivity index (χ3n) is 2.53. The van der Waals surface area contributed by atoms with Crippen molar-refractivity contribution in [2.45, 2.75) is 0 Å². The molecule has 0 bridgehead atoms. The molecule has 1 heterocycles. The Labute approximate surface area is 110 Å². The molecular formula is C12H17N7. The predicted octanol–water partition coefficient (Wildman–Crippen LogP) is 1.61. The van der Waals surface area contributed by atoms with E-state index >= 15 is 0 Å². The van der Waals surface area contributed by atoms with Crippen LogP contribution in [0, 0.1) is 10.9 Å². The second-order valence-electron chi connectivity index (χ2n) is 3.66. The van der Waals surface area contributed by atoms with E-state index in [1.807, 2.05) is 0 Å². The SMILES string of the molecule is C=C(N)c1c(N)[nH]c2cc(C(=N)N=N)ccc12.CN. The highest BCUT2D eigenvalue weighted by atomic mass is 15.0. The smallest absolute Gasteiger partial charge is 0.173 e. The minimum Gasteiger partial charge on any atom is -0.399 e. The fraction of sp³-hybridized carbons (Fsp3) is 0.0833. The van der Waals surface area contributed by atoms with E-state index in [9.17, 15) is 0 Å². The second-order valence-corrected chi connectivity index (χ2v) is 3.66. The topological polar surface area (TPSA) is 154 Å². The van der Waals surface area contributed by atoms with Crippen LogP contribution in [0.15, 0.2) is 29.9 Å². The first-order valence-electron chi connectivity index (χ1n) is 5.44. The van der Waals surface area contributed by atoms with Crippen LogP contribution in [-0.4, -0.2) is 17.9 Å². The Hall–Kier alpha value is -2.67. The average molecular weight is 259 g/mol. The number of anilines is 1. The van der Waals surface area contributed by atoms with E-state index < -0.39 is 0 Å². The lowest BCUT2D eigenvalue weighted by Gasteiger charge is -2.00. The summed E-state index contributed by atoms with van der Waals surface area (Å²) in [7, 11) is 1.50. The standard InChI is InChI=1S/C11H12N6.CH5N/c1-5(12)9-7-3-2-6(10(13)17-15)4-8(7)16-11(9)14;1-2/h2-4,13,15-16H,1,12,14H2;2H2,1H3. The van der Waals surface area contributed by atoms with Gasteiger partial charge in [-0.25, -0.2) is 5.53 Å². The number of hydrogen-bond donors (Lipinski definition) is 6. The van der Waals surface area contributed by atoms with Crippen LogP contribution in [0.3, 0.4) is 0 Å². The van der Waals surface area contributed by atoms with Gasteiger partial charge < -0.3 is 22.2 Å². The zero-order chi connectivity index (χ0) is 14.6. The first-order chi connectivity index (χ1) is 9.04. The van der Waals surface area contributed by atoms with Crippen molar-refractivity contribution in [1.29, 1.82) is 10.9 Å². The Morgan fingerprint density at radius 3 is 2.53 bits per heavy atom. The molecule has 0 fully saturated rings. The summed E-state index contributed by atoms with van der Waals surface area (Å²) >= 11 is 0. The zero-order valence-corrected chi connectivity index (χ0v) is 10.6. The third-order valence-corrected chi connectivity index (χ3v) is 2.53. The van der Waals surface area contributed by atoms with E-state index in [0.717, 1.165) is 10.9 Å². The summed E-state index contributed by atoms with van der Waals surface area (Å²) in [6.45, 7) is 3.67. The fourth-order valence-electron chi connectivity index (χ4n) is 1.78. The molecule has 0 unspecified atom stereocenters. The highest BCUT2D eigenvalue weighted by Gasteiger charge is 2.11. The van der Waals surface area contributed by atoms with Crippen molar-refractivity contribution in [1.82, 2.24) is 4.98 Å². The molecular weight excluding hydrogens is 242 g/mol. The van der Waals surface area contributed by atoms with Crippen LogP contribution in [0.2, 0.25) is 0 Å². The van der Waals surface area contributed by atoms with Crippen LogP contribution in [0.1, 0.15) is 11.1 Å². The fourth-order valence-corrected chi connectivity index (χ4v) is 1.78. The normalized spacial score (nSPS) is 9.58. The molecule has 0 radical (unpaired) electrons. The molecule has 100 valence electrons. The average Bonchev–Trinajstić information content (AvgIpc) is 2.74. The van der Waals surface area contributed by atoms with Crippen LogP contribution in [0.4, 0.5) is 5.82 Å². The number of nitrogens with zero attached hydrogens (tertiary/aromatic N) is 1. The molecule has 7 nitrogen and oxygen atoms in total. The summed E-state index contributed by atoms with van der Waals surface area (Å²) in [5.41, 5.74) is 25.1. The monoisotopic (exact) mass is 259 g/mol. The van der Waals surface area contributed by atoms with Crippen LogP contribution in [-0.2, 0) is 0 Å². The molecule has 0 spiro atoms. The van der Waals surface area contributed by atoms with Gasteiger partial charge in [0.05, 0.1) is 0 Å². The number of nitrogens with one attached hydrogen (secondary N) is 3. The summed E-state index contributed by atoms with van der Waals surface area (Å²) in [4.78, 5) is 2.97. The van der Waals surface area contributed by atoms with Gasteiger partial charge in [0.25, 0.3) is 0 Å². The van der Waals surface area contributed by atoms with Crippen molar-refractivity contribution in [3.63, 3.8) is 0 Å². The van der Waals surface area contributed by atoms with Crippen LogP contribution < -0.4 is 17.2 Å². The summed E-state index contributed by atoms with van der Waals surface area (Å²) in [6.07, 6.45) is 0. The van der Waals surface area contributed by atoms with Gasteiger partial charge in [-0.15, -0.1) is 5.11 Å². The second kappa shape index (κ2) is 5.78. The van der Waals surface area contributed by atoms with Gasteiger partial charge in [0.15, 0.2) is 5.84 Å². The number of aromatic nitrogens is 1. The number of amidine groups is 1. The molecule has 7 heteroatoms. The summed E-state index contributed by atoms with van der Waals surface area (Å²) in [5.74, 6) is 0.340. The van der Waals surface area contributed by atoms with Crippen molar-refractivity contribution in [2.75, 3.05) is 12.8 Å². The third kappa shape index (κ3) is 2.61. The summed E-state index contributed by atoms with van der Waals surface area (Å²) in [6, 6.07) is 5.19. The minimum atomic E-state index is -0.104. The van der Waals surface area contributed by atoms with E-state index in [2.05, 4.69) is 22.4 Å². The van der Waals surface area contributed by atoms with E-state index in [0.29, 0.717) is 22.6 Å². The lowest BCUT2D eigenvalue weighted by Crippen LogP contribution is -1.97. The van der Waals surface area contributed by atoms with Gasteiger partial charge in [0.2, 0.25) is 0 Å². The van der Waals surface area contributed by atoms with Gasteiger partial charge in [0, 0.05) is 27.7 Å². The van der Waals surface area contributed by atoms with Crippen LogP contribution in [0.5, 0.6) is 0 Å². The number of nitrogens with two attached hydrogens (primary N) is 3. The van der Waals surface area contributed by atoms with E-state index in [1.165, 1.54) is 7.05 Å². The minimum absolute atomic E-state index is 0.104. The molecule has 0 aliphatic heterocycles. The number of fused-ring (bicyclic) bond motifs is 1. The number of hydrogen-bond acceptors (Lipinski definition) is 5. The highest BCUT2D eigenvalue weighted by Crippen LogP contribution is 2.28.